The van der Waals surface area contributed by atoms with Crippen molar-refractivity contribution in [3.05, 3.63) is 16.1 Å². The van der Waals surface area contributed by atoms with Gasteiger partial charge in [0.25, 0.3) is 0 Å². The van der Waals surface area contributed by atoms with Crippen molar-refractivity contribution < 1.29 is 14.7 Å². The Labute approximate surface area is 122 Å². The minimum atomic E-state index is -0.810. The molecule has 1 heterocycles. The van der Waals surface area contributed by atoms with Crippen LogP contribution in [0.25, 0.3) is 0 Å². The van der Waals surface area contributed by atoms with Gasteiger partial charge in [-0.2, -0.15) is 0 Å². The maximum Gasteiger partial charge on any atom is 0.303 e. The number of carboxylic acids is 1. The molecule has 0 radical (unpaired) electrons. The fourth-order valence-electron chi connectivity index (χ4n) is 2.92. The summed E-state index contributed by atoms with van der Waals surface area (Å²) in [5.74, 6) is -0.878. The predicted molar refractivity (Wildman–Crippen MR) is 76.5 cm³/mol. The molecule has 0 spiro atoms. The van der Waals surface area contributed by atoms with Gasteiger partial charge in [0.1, 0.15) is 5.01 Å². The minimum Gasteiger partial charge on any atom is -0.481 e. The van der Waals surface area contributed by atoms with Crippen molar-refractivity contribution in [2.45, 2.75) is 52.0 Å². The predicted octanol–water partition coefficient (Wildman–Crippen LogP) is 2.49. The van der Waals surface area contributed by atoms with Gasteiger partial charge < -0.3 is 10.4 Å². The number of amides is 1. The van der Waals surface area contributed by atoms with Crippen LogP contribution in [0, 0.1) is 12.3 Å². The molecule has 1 aromatic rings. The lowest BCUT2D eigenvalue weighted by atomic mass is 9.79. The number of nitrogens with zero attached hydrogens (tertiary/aromatic N) is 1. The van der Waals surface area contributed by atoms with Crippen LogP contribution in [-0.4, -0.2) is 22.0 Å². The Balaban J connectivity index is 1.87. The van der Waals surface area contributed by atoms with Gasteiger partial charge in [-0.15, -0.1) is 11.3 Å². The second-order valence-corrected chi connectivity index (χ2v) is 6.92. The topological polar surface area (TPSA) is 79.3 Å². The summed E-state index contributed by atoms with van der Waals surface area (Å²) in [6, 6.07) is 0. The number of aliphatic carboxylic acids is 1. The molecule has 20 heavy (non-hydrogen) atoms. The summed E-state index contributed by atoms with van der Waals surface area (Å²) < 4.78 is 0. The SMILES string of the molecule is Cc1cnc(CNC(=O)CC2(CC(=O)O)CCCC2)s1. The number of aryl methyl sites for hydroxylation is 1. The molecule has 1 amide bonds. The Kier molecular flexibility index (Phi) is 4.75. The van der Waals surface area contributed by atoms with Crippen molar-refractivity contribution in [1.29, 1.82) is 0 Å². The zero-order chi connectivity index (χ0) is 14.6. The normalized spacial score (nSPS) is 17.1. The Morgan fingerprint density at radius 2 is 2.10 bits per heavy atom. The molecule has 6 heteroatoms. The maximum absolute atomic E-state index is 12.0. The summed E-state index contributed by atoms with van der Waals surface area (Å²) in [7, 11) is 0. The highest BCUT2D eigenvalue weighted by Gasteiger charge is 2.37. The first-order valence-corrected chi connectivity index (χ1v) is 7.71. The van der Waals surface area contributed by atoms with Gasteiger partial charge in [0.2, 0.25) is 5.91 Å². The van der Waals surface area contributed by atoms with Crippen LogP contribution in [0.4, 0.5) is 0 Å². The van der Waals surface area contributed by atoms with Crippen molar-refractivity contribution in [2.24, 2.45) is 5.41 Å². The third kappa shape index (κ3) is 4.03. The van der Waals surface area contributed by atoms with E-state index >= 15 is 0 Å². The van der Waals surface area contributed by atoms with Crippen molar-refractivity contribution in [3.8, 4) is 0 Å². The second-order valence-electron chi connectivity index (χ2n) is 5.60. The van der Waals surface area contributed by atoms with E-state index in [0.717, 1.165) is 35.6 Å². The first-order valence-electron chi connectivity index (χ1n) is 6.89. The molecule has 0 aromatic carbocycles. The fourth-order valence-corrected chi connectivity index (χ4v) is 3.65. The third-order valence-corrected chi connectivity index (χ3v) is 4.74. The van der Waals surface area contributed by atoms with Crippen molar-refractivity contribution in [1.82, 2.24) is 10.3 Å². The number of carbonyl (C=O) groups excluding carboxylic acids is 1. The summed E-state index contributed by atoms with van der Waals surface area (Å²) in [6.07, 6.45) is 5.90. The van der Waals surface area contributed by atoms with Crippen molar-refractivity contribution >= 4 is 23.2 Å². The molecule has 0 unspecified atom stereocenters. The summed E-state index contributed by atoms with van der Waals surface area (Å²) >= 11 is 1.56. The van der Waals surface area contributed by atoms with Crippen LogP contribution in [0.1, 0.15) is 48.4 Å². The highest BCUT2D eigenvalue weighted by molar-refractivity contribution is 7.11. The zero-order valence-electron chi connectivity index (χ0n) is 11.6. The van der Waals surface area contributed by atoms with Gasteiger partial charge in [0.05, 0.1) is 13.0 Å². The van der Waals surface area contributed by atoms with Gasteiger partial charge in [0, 0.05) is 17.5 Å². The van der Waals surface area contributed by atoms with Gasteiger partial charge in [-0.05, 0) is 25.2 Å². The molecule has 5 nitrogen and oxygen atoms in total. The number of rotatable bonds is 6. The molecule has 2 rings (SSSR count). The van der Waals surface area contributed by atoms with Crippen LogP contribution in [0.15, 0.2) is 6.20 Å². The van der Waals surface area contributed by atoms with Gasteiger partial charge in [-0.25, -0.2) is 4.98 Å². The lowest BCUT2D eigenvalue weighted by molar-refractivity contribution is -0.140. The molecule has 110 valence electrons. The molecule has 1 fully saturated rings. The molecular formula is C14H20N2O3S. The maximum atomic E-state index is 12.0. The third-order valence-electron chi connectivity index (χ3n) is 3.83. The molecule has 1 aliphatic carbocycles. The van der Waals surface area contributed by atoms with Gasteiger partial charge >= 0.3 is 5.97 Å². The number of carboxylic acid groups (broad SMARTS) is 1. The molecule has 0 atom stereocenters. The van der Waals surface area contributed by atoms with Crippen LogP contribution in [0.3, 0.4) is 0 Å². The molecule has 1 aliphatic rings. The molecule has 2 N–H and O–H groups in total. The van der Waals surface area contributed by atoms with Crippen LogP contribution < -0.4 is 5.32 Å². The quantitative estimate of drug-likeness (QED) is 0.845. The fraction of sp³-hybridized carbons (Fsp3) is 0.643. The van der Waals surface area contributed by atoms with Crippen LogP contribution in [0.2, 0.25) is 0 Å². The summed E-state index contributed by atoms with van der Waals surface area (Å²) in [5, 5.41) is 12.8. The number of aromatic nitrogens is 1. The highest BCUT2D eigenvalue weighted by atomic mass is 32.1. The zero-order valence-corrected chi connectivity index (χ0v) is 12.5. The highest BCUT2D eigenvalue weighted by Crippen LogP contribution is 2.44. The van der Waals surface area contributed by atoms with Gasteiger partial charge in [-0.1, -0.05) is 12.8 Å². The first kappa shape index (κ1) is 15.0. The van der Waals surface area contributed by atoms with Gasteiger partial charge in [0.15, 0.2) is 0 Å². The Bertz CT molecular complexity index is 492. The average Bonchev–Trinajstić information content (AvgIpc) is 2.95. The van der Waals surface area contributed by atoms with Crippen molar-refractivity contribution in [3.63, 3.8) is 0 Å². The smallest absolute Gasteiger partial charge is 0.303 e. The lowest BCUT2D eigenvalue weighted by Gasteiger charge is -2.26. The largest absolute Gasteiger partial charge is 0.481 e. The second kappa shape index (κ2) is 6.35. The number of hydrogen-bond donors (Lipinski definition) is 2. The van der Waals surface area contributed by atoms with E-state index in [1.165, 1.54) is 0 Å². The number of nitrogens with one attached hydrogen (secondary N) is 1. The van der Waals surface area contributed by atoms with E-state index in [1.807, 2.05) is 6.92 Å². The molecular weight excluding hydrogens is 276 g/mol. The van der Waals surface area contributed by atoms with E-state index in [4.69, 9.17) is 5.11 Å². The molecule has 0 bridgehead atoms. The first-order chi connectivity index (χ1) is 9.49. The Morgan fingerprint density at radius 1 is 1.40 bits per heavy atom. The molecule has 1 saturated carbocycles. The van der Waals surface area contributed by atoms with E-state index in [2.05, 4.69) is 10.3 Å². The van der Waals surface area contributed by atoms with E-state index in [9.17, 15) is 9.59 Å². The number of hydrogen-bond acceptors (Lipinski definition) is 4. The summed E-state index contributed by atoms with van der Waals surface area (Å²) in [6.45, 7) is 2.41. The van der Waals surface area contributed by atoms with E-state index < -0.39 is 5.97 Å². The standard InChI is InChI=1S/C14H20N2O3S/c1-10-8-16-12(20-10)9-15-11(17)6-14(7-13(18)19)4-2-3-5-14/h8H,2-7,9H2,1H3,(H,15,17)(H,18,19). The van der Waals surface area contributed by atoms with E-state index in [0.29, 0.717) is 13.0 Å². The molecule has 1 aromatic heterocycles. The summed E-state index contributed by atoms with van der Waals surface area (Å²) in [5.41, 5.74) is -0.339. The van der Waals surface area contributed by atoms with Crippen molar-refractivity contribution in [2.75, 3.05) is 0 Å². The number of thiazole rings is 1. The molecule has 0 saturated heterocycles. The number of carbonyl (C=O) groups is 2. The van der Waals surface area contributed by atoms with Crippen LogP contribution >= 0.6 is 11.3 Å². The lowest BCUT2D eigenvalue weighted by Crippen LogP contribution is -2.31. The average molecular weight is 296 g/mol. The molecule has 0 aliphatic heterocycles. The van der Waals surface area contributed by atoms with E-state index in [-0.39, 0.29) is 17.7 Å². The minimum absolute atomic E-state index is 0.0685. The van der Waals surface area contributed by atoms with E-state index in [1.54, 1.807) is 17.5 Å². The van der Waals surface area contributed by atoms with Gasteiger partial charge in [-0.3, -0.25) is 9.59 Å². The van der Waals surface area contributed by atoms with Crippen LogP contribution in [0.5, 0.6) is 0 Å². The monoisotopic (exact) mass is 296 g/mol. The summed E-state index contributed by atoms with van der Waals surface area (Å²) in [4.78, 5) is 28.3. The van der Waals surface area contributed by atoms with Crippen LogP contribution in [-0.2, 0) is 16.1 Å². The Morgan fingerprint density at radius 3 is 2.65 bits per heavy atom. The Hall–Kier alpha value is -1.43.